The predicted octanol–water partition coefficient (Wildman–Crippen LogP) is 10.6. The van der Waals surface area contributed by atoms with Gasteiger partial charge in [-0.2, -0.15) is 0 Å². The van der Waals surface area contributed by atoms with Crippen molar-refractivity contribution in [2.45, 2.75) is 38.6 Å². The lowest BCUT2D eigenvalue weighted by Crippen LogP contribution is -2.23. The zero-order chi connectivity index (χ0) is 27.3. The minimum absolute atomic E-state index is 0.00650. The molecular formula is C39H33N. The van der Waals surface area contributed by atoms with Gasteiger partial charge in [0.1, 0.15) is 0 Å². The molecule has 0 aliphatic heterocycles. The van der Waals surface area contributed by atoms with E-state index in [9.17, 15) is 0 Å². The van der Waals surface area contributed by atoms with E-state index < -0.39 is 0 Å². The molecule has 40 heavy (non-hydrogen) atoms. The molecule has 0 amide bonds. The van der Waals surface area contributed by atoms with Crippen LogP contribution >= 0.6 is 0 Å². The first-order chi connectivity index (χ1) is 19.7. The lowest BCUT2D eigenvalue weighted by atomic mass is 9.73. The molecule has 0 atom stereocenters. The number of benzene rings is 6. The highest BCUT2D eigenvalue weighted by molar-refractivity contribution is 6.21. The number of aliphatic imine (C=N–C) groups is 1. The summed E-state index contributed by atoms with van der Waals surface area (Å²) in [5.41, 5.74) is 12.0. The molecule has 0 fully saturated rings. The fraction of sp³-hybridized carbons (Fsp3) is 0.154. The topological polar surface area (TPSA) is 12.4 Å². The summed E-state index contributed by atoms with van der Waals surface area (Å²) in [5, 5.41) is 5.19. The largest absolute Gasteiger partial charge is 0.296 e. The molecule has 1 aliphatic rings. The molecule has 0 bridgehead atoms. The molecule has 6 aromatic carbocycles. The van der Waals surface area contributed by atoms with Crippen molar-refractivity contribution in [3.63, 3.8) is 0 Å². The number of hydrogen-bond acceptors (Lipinski definition) is 1. The van der Waals surface area contributed by atoms with Crippen molar-refractivity contribution in [1.82, 2.24) is 0 Å². The average molecular weight is 516 g/mol. The molecule has 0 N–H and O–H groups in total. The van der Waals surface area contributed by atoms with Crippen LogP contribution < -0.4 is 0 Å². The van der Waals surface area contributed by atoms with Gasteiger partial charge in [-0.15, -0.1) is 0 Å². The Morgan fingerprint density at radius 1 is 0.550 bits per heavy atom. The molecule has 0 unspecified atom stereocenters. The van der Waals surface area contributed by atoms with Gasteiger partial charge in [-0.1, -0.05) is 123 Å². The first kappa shape index (κ1) is 24.5. The Bertz CT molecular complexity index is 1850. The van der Waals surface area contributed by atoms with E-state index >= 15 is 0 Å². The summed E-state index contributed by atoms with van der Waals surface area (Å²) in [4.78, 5) is 4.17. The van der Waals surface area contributed by atoms with Gasteiger partial charge in [-0.25, -0.2) is 0 Å². The van der Waals surface area contributed by atoms with Gasteiger partial charge in [0, 0.05) is 5.41 Å². The number of nitrogens with zero attached hydrogens (tertiary/aromatic N) is 1. The second-order valence-electron chi connectivity index (χ2n) is 11.0. The van der Waals surface area contributed by atoms with Crippen molar-refractivity contribution >= 4 is 28.3 Å². The molecule has 6 aromatic rings. The maximum Gasteiger partial charge on any atom is 0.0632 e. The molecular weight excluding hydrogens is 482 g/mol. The van der Waals surface area contributed by atoms with E-state index in [2.05, 4.69) is 141 Å². The van der Waals surface area contributed by atoms with Crippen molar-refractivity contribution in [2.24, 2.45) is 4.99 Å². The predicted molar refractivity (Wildman–Crippen MR) is 172 cm³/mol. The maximum atomic E-state index is 4.17. The third-order valence-electron chi connectivity index (χ3n) is 9.21. The van der Waals surface area contributed by atoms with Gasteiger partial charge in [0.2, 0.25) is 0 Å². The quantitative estimate of drug-likeness (QED) is 0.154. The lowest BCUT2D eigenvalue weighted by Gasteiger charge is -2.30. The molecule has 0 spiro atoms. The third-order valence-corrected chi connectivity index (χ3v) is 9.21. The van der Waals surface area contributed by atoms with Crippen molar-refractivity contribution < 1.29 is 0 Å². The minimum Gasteiger partial charge on any atom is -0.296 e. The second-order valence-corrected chi connectivity index (χ2v) is 11.0. The maximum absolute atomic E-state index is 4.17. The summed E-state index contributed by atoms with van der Waals surface area (Å²) >= 11 is 0. The molecule has 0 saturated carbocycles. The highest BCUT2D eigenvalue weighted by Gasteiger charge is 2.40. The summed E-state index contributed by atoms with van der Waals surface area (Å²) in [5.74, 6) is 0. The van der Waals surface area contributed by atoms with E-state index in [-0.39, 0.29) is 5.41 Å². The molecule has 1 nitrogen and oxygen atoms in total. The molecule has 7 rings (SSSR count). The SMILES string of the molecule is C=NCc1ccc2c(c1)C(CC)(CC)c1cc(-c3c4ccccc4c(-c4ccccc4)c4ccccc34)ccc1-2. The van der Waals surface area contributed by atoms with Crippen LogP contribution in [0, 0.1) is 0 Å². The van der Waals surface area contributed by atoms with Crippen molar-refractivity contribution in [1.29, 1.82) is 0 Å². The van der Waals surface area contributed by atoms with Gasteiger partial charge in [-0.3, -0.25) is 4.99 Å². The number of hydrogen-bond donors (Lipinski definition) is 0. The Kier molecular flexibility index (Phi) is 5.90. The Hall–Kier alpha value is -4.49. The van der Waals surface area contributed by atoms with Crippen LogP contribution in [0.25, 0.3) is 54.9 Å². The van der Waals surface area contributed by atoms with Crippen molar-refractivity contribution in [3.8, 4) is 33.4 Å². The Balaban J connectivity index is 1.53. The van der Waals surface area contributed by atoms with Gasteiger partial charge in [-0.05, 0) is 97.2 Å². The van der Waals surface area contributed by atoms with E-state index in [1.165, 1.54) is 71.6 Å². The second kappa shape index (κ2) is 9.61. The molecule has 0 radical (unpaired) electrons. The summed E-state index contributed by atoms with van der Waals surface area (Å²) in [7, 11) is 0. The van der Waals surface area contributed by atoms with Gasteiger partial charge in [0.15, 0.2) is 0 Å². The summed E-state index contributed by atoms with van der Waals surface area (Å²) < 4.78 is 0. The van der Waals surface area contributed by atoms with Crippen LogP contribution in [0.15, 0.2) is 120 Å². The van der Waals surface area contributed by atoms with Crippen LogP contribution in [0.2, 0.25) is 0 Å². The van der Waals surface area contributed by atoms with Gasteiger partial charge in [0.05, 0.1) is 6.54 Å². The highest BCUT2D eigenvalue weighted by atomic mass is 14.7. The zero-order valence-corrected chi connectivity index (χ0v) is 23.2. The van der Waals surface area contributed by atoms with E-state index in [4.69, 9.17) is 0 Å². The fourth-order valence-electron chi connectivity index (χ4n) is 7.29. The smallest absolute Gasteiger partial charge is 0.0632 e. The summed E-state index contributed by atoms with van der Waals surface area (Å²) in [6.07, 6.45) is 2.12. The first-order valence-corrected chi connectivity index (χ1v) is 14.4. The Morgan fingerprint density at radius 3 is 1.60 bits per heavy atom. The van der Waals surface area contributed by atoms with E-state index in [0.29, 0.717) is 6.54 Å². The minimum atomic E-state index is -0.00650. The molecule has 1 heteroatoms. The standard InChI is InChI=1S/C39H33N/c1-4-39(5-2)35-23-26(25-40-3)19-21-29(35)30-22-20-28(24-36(30)39)38-33-17-11-9-15-31(33)37(27-13-7-6-8-14-27)32-16-10-12-18-34(32)38/h6-24H,3-5,25H2,1-2H3. The van der Waals surface area contributed by atoms with Gasteiger partial charge >= 0.3 is 0 Å². The Labute approximate surface area is 236 Å². The summed E-state index contributed by atoms with van der Waals surface area (Å²) in [6, 6.07) is 42.8. The van der Waals surface area contributed by atoms with Crippen molar-refractivity contribution in [2.75, 3.05) is 0 Å². The molecule has 194 valence electrons. The fourth-order valence-corrected chi connectivity index (χ4v) is 7.29. The number of fused-ring (bicyclic) bond motifs is 5. The molecule has 0 aromatic heterocycles. The van der Waals surface area contributed by atoms with Crippen LogP contribution in [-0.2, 0) is 12.0 Å². The normalized spacial score (nSPS) is 13.3. The van der Waals surface area contributed by atoms with Gasteiger partial charge in [0.25, 0.3) is 0 Å². The van der Waals surface area contributed by atoms with E-state index in [0.717, 1.165) is 12.8 Å². The van der Waals surface area contributed by atoms with Crippen molar-refractivity contribution in [3.05, 3.63) is 132 Å². The van der Waals surface area contributed by atoms with Crippen LogP contribution in [0.3, 0.4) is 0 Å². The molecule has 0 saturated heterocycles. The Morgan fingerprint density at radius 2 is 1.05 bits per heavy atom. The third kappa shape index (κ3) is 3.51. The monoisotopic (exact) mass is 515 g/mol. The molecule has 1 aliphatic carbocycles. The summed E-state index contributed by atoms with van der Waals surface area (Å²) in [6.45, 7) is 9.07. The van der Waals surface area contributed by atoms with Crippen LogP contribution in [0.1, 0.15) is 43.4 Å². The van der Waals surface area contributed by atoms with Crippen LogP contribution in [-0.4, -0.2) is 6.72 Å². The van der Waals surface area contributed by atoms with E-state index in [1.807, 2.05) is 0 Å². The zero-order valence-electron chi connectivity index (χ0n) is 23.2. The first-order valence-electron chi connectivity index (χ1n) is 14.4. The number of rotatable bonds is 6. The molecule has 0 heterocycles. The van der Waals surface area contributed by atoms with Gasteiger partial charge < -0.3 is 0 Å². The van der Waals surface area contributed by atoms with E-state index in [1.54, 1.807) is 0 Å². The highest BCUT2D eigenvalue weighted by Crippen LogP contribution is 2.54. The lowest BCUT2D eigenvalue weighted by molar-refractivity contribution is 0.490. The average Bonchev–Trinajstić information content (AvgIpc) is 3.29. The van der Waals surface area contributed by atoms with Crippen LogP contribution in [0.5, 0.6) is 0 Å². The van der Waals surface area contributed by atoms with Crippen LogP contribution in [0.4, 0.5) is 0 Å².